The van der Waals surface area contributed by atoms with Crippen molar-refractivity contribution >= 4 is 17.6 Å². The Morgan fingerprint density at radius 3 is 2.48 bits per heavy atom. The summed E-state index contributed by atoms with van der Waals surface area (Å²) in [5.74, 6) is -0.377. The number of fused-ring (bicyclic) bond motifs is 5. The lowest BCUT2D eigenvalue weighted by Gasteiger charge is -2.38. The van der Waals surface area contributed by atoms with Crippen molar-refractivity contribution in [1.29, 1.82) is 0 Å². The van der Waals surface area contributed by atoms with E-state index in [1.54, 1.807) is 4.90 Å². The highest BCUT2D eigenvalue weighted by Crippen LogP contribution is 2.55. The molecule has 0 spiro atoms. The SMILES string of the molecule is O=C1N(c2cccc(C(F)(F)F)c2)C(=O)C2(Cc3ccccc3)C3CCC(C3)N12. The first-order chi connectivity index (χ1) is 13.8. The molecule has 3 aliphatic rings. The molecule has 5 rings (SSSR count). The lowest BCUT2D eigenvalue weighted by Crippen LogP contribution is -2.55. The highest BCUT2D eigenvalue weighted by molar-refractivity contribution is 6.24. The van der Waals surface area contributed by atoms with E-state index >= 15 is 0 Å². The van der Waals surface area contributed by atoms with E-state index < -0.39 is 29.2 Å². The summed E-state index contributed by atoms with van der Waals surface area (Å²) in [6.45, 7) is 0. The van der Waals surface area contributed by atoms with E-state index in [9.17, 15) is 22.8 Å². The lowest BCUT2D eigenvalue weighted by atomic mass is 9.78. The summed E-state index contributed by atoms with van der Waals surface area (Å²) in [7, 11) is 0. The molecule has 4 nitrogen and oxygen atoms in total. The molecule has 2 aromatic carbocycles. The Morgan fingerprint density at radius 2 is 1.76 bits per heavy atom. The van der Waals surface area contributed by atoms with Gasteiger partial charge in [-0.05, 0) is 48.9 Å². The third kappa shape index (κ3) is 2.52. The average Bonchev–Trinajstić information content (AvgIpc) is 3.34. The summed E-state index contributed by atoms with van der Waals surface area (Å²) in [5.41, 5.74) is -0.953. The Kier molecular flexibility index (Phi) is 3.82. The molecule has 1 saturated carbocycles. The molecule has 2 saturated heterocycles. The molecular weight excluding hydrogens is 381 g/mol. The first-order valence-corrected chi connectivity index (χ1v) is 9.71. The second-order valence-electron chi connectivity index (χ2n) is 8.09. The summed E-state index contributed by atoms with van der Waals surface area (Å²) < 4.78 is 39.5. The molecule has 7 heteroatoms. The number of anilines is 1. The molecule has 0 aromatic heterocycles. The Labute approximate surface area is 165 Å². The van der Waals surface area contributed by atoms with Crippen LogP contribution in [0.4, 0.5) is 23.7 Å². The maximum absolute atomic E-state index is 13.7. The predicted molar refractivity (Wildman–Crippen MR) is 100 cm³/mol. The third-order valence-electron chi connectivity index (χ3n) is 6.59. The van der Waals surface area contributed by atoms with E-state index in [0.29, 0.717) is 6.42 Å². The number of nitrogens with zero attached hydrogens (tertiary/aromatic N) is 2. The van der Waals surface area contributed by atoms with Crippen LogP contribution in [0.5, 0.6) is 0 Å². The van der Waals surface area contributed by atoms with Gasteiger partial charge < -0.3 is 4.90 Å². The van der Waals surface area contributed by atoms with Crippen molar-refractivity contribution in [3.8, 4) is 0 Å². The minimum atomic E-state index is -4.54. The van der Waals surface area contributed by atoms with Gasteiger partial charge in [0.1, 0.15) is 5.54 Å². The van der Waals surface area contributed by atoms with Gasteiger partial charge in [-0.3, -0.25) is 4.79 Å². The summed E-state index contributed by atoms with van der Waals surface area (Å²) in [6, 6.07) is 13.4. The van der Waals surface area contributed by atoms with Crippen molar-refractivity contribution in [2.45, 2.75) is 43.4 Å². The van der Waals surface area contributed by atoms with Gasteiger partial charge in [0.05, 0.1) is 11.3 Å². The summed E-state index contributed by atoms with van der Waals surface area (Å²) >= 11 is 0. The van der Waals surface area contributed by atoms with Crippen LogP contribution in [0.15, 0.2) is 54.6 Å². The maximum Gasteiger partial charge on any atom is 0.416 e. The van der Waals surface area contributed by atoms with Crippen molar-refractivity contribution in [3.63, 3.8) is 0 Å². The van der Waals surface area contributed by atoms with Crippen LogP contribution in [0.1, 0.15) is 30.4 Å². The minimum Gasteiger partial charge on any atom is -0.306 e. The van der Waals surface area contributed by atoms with Crippen LogP contribution in [0, 0.1) is 5.92 Å². The van der Waals surface area contributed by atoms with Gasteiger partial charge in [0.15, 0.2) is 0 Å². The van der Waals surface area contributed by atoms with Gasteiger partial charge in [0.2, 0.25) is 0 Å². The second-order valence-corrected chi connectivity index (χ2v) is 8.09. The maximum atomic E-state index is 13.7. The molecule has 3 atom stereocenters. The zero-order chi connectivity index (χ0) is 20.4. The topological polar surface area (TPSA) is 40.6 Å². The van der Waals surface area contributed by atoms with E-state index in [0.717, 1.165) is 41.9 Å². The van der Waals surface area contributed by atoms with Crippen LogP contribution in [0.3, 0.4) is 0 Å². The van der Waals surface area contributed by atoms with E-state index in [1.165, 1.54) is 12.1 Å². The molecule has 2 heterocycles. The fourth-order valence-corrected chi connectivity index (χ4v) is 5.40. The van der Waals surface area contributed by atoms with Crippen LogP contribution in [-0.2, 0) is 17.4 Å². The molecule has 3 fully saturated rings. The van der Waals surface area contributed by atoms with E-state index in [2.05, 4.69) is 0 Å². The van der Waals surface area contributed by atoms with Crippen molar-refractivity contribution < 1.29 is 22.8 Å². The van der Waals surface area contributed by atoms with Gasteiger partial charge in [-0.1, -0.05) is 36.4 Å². The van der Waals surface area contributed by atoms with Crippen LogP contribution < -0.4 is 4.90 Å². The lowest BCUT2D eigenvalue weighted by molar-refractivity contribution is -0.137. The van der Waals surface area contributed by atoms with Crippen molar-refractivity contribution in [1.82, 2.24) is 4.90 Å². The Morgan fingerprint density at radius 1 is 1.00 bits per heavy atom. The number of amides is 3. The molecule has 1 aliphatic carbocycles. The number of piperidine rings is 1. The van der Waals surface area contributed by atoms with Crippen molar-refractivity contribution in [3.05, 3.63) is 65.7 Å². The van der Waals surface area contributed by atoms with Gasteiger partial charge in [0, 0.05) is 12.5 Å². The number of hydrogen-bond acceptors (Lipinski definition) is 2. The number of hydrogen-bond donors (Lipinski definition) is 0. The number of carbonyl (C=O) groups excluding carboxylic acids is 2. The zero-order valence-corrected chi connectivity index (χ0v) is 15.5. The Bertz CT molecular complexity index is 991. The highest BCUT2D eigenvalue weighted by Gasteiger charge is 2.69. The number of rotatable bonds is 3. The fourth-order valence-electron chi connectivity index (χ4n) is 5.40. The molecule has 0 radical (unpaired) electrons. The highest BCUT2D eigenvalue weighted by atomic mass is 19.4. The van der Waals surface area contributed by atoms with Crippen LogP contribution in [0.2, 0.25) is 0 Å². The molecule has 3 unspecified atom stereocenters. The monoisotopic (exact) mass is 400 g/mol. The van der Waals surface area contributed by atoms with E-state index in [1.807, 2.05) is 30.3 Å². The zero-order valence-electron chi connectivity index (χ0n) is 15.5. The number of alkyl halides is 3. The van der Waals surface area contributed by atoms with Crippen LogP contribution in [-0.4, -0.2) is 28.4 Å². The quantitative estimate of drug-likeness (QED) is 0.705. The van der Waals surface area contributed by atoms with Gasteiger partial charge >= 0.3 is 12.2 Å². The predicted octanol–water partition coefficient (Wildman–Crippen LogP) is 4.64. The summed E-state index contributed by atoms with van der Waals surface area (Å²) in [4.78, 5) is 29.6. The number of halogens is 3. The van der Waals surface area contributed by atoms with E-state index in [-0.39, 0.29) is 17.6 Å². The van der Waals surface area contributed by atoms with Gasteiger partial charge in [-0.2, -0.15) is 13.2 Å². The molecule has 2 bridgehead atoms. The Hall–Kier alpha value is -2.83. The molecule has 0 N–H and O–H groups in total. The third-order valence-corrected chi connectivity index (χ3v) is 6.59. The minimum absolute atomic E-state index is 0.0175. The standard InChI is InChI=1S/C22H19F3N2O2/c23-22(24,25)16-7-4-8-17(12-16)26-19(28)21(13-14-5-2-1-3-6-14)15-9-10-18(11-15)27(21)20(26)29/h1-8,12,15,18H,9-11,13H2. The average molecular weight is 400 g/mol. The van der Waals surface area contributed by atoms with Crippen molar-refractivity contribution in [2.24, 2.45) is 5.92 Å². The van der Waals surface area contributed by atoms with Gasteiger partial charge in [-0.15, -0.1) is 0 Å². The second kappa shape index (κ2) is 6.08. The molecule has 29 heavy (non-hydrogen) atoms. The molecular formula is C22H19F3N2O2. The number of benzene rings is 2. The number of carbonyl (C=O) groups is 2. The van der Waals surface area contributed by atoms with Crippen LogP contribution >= 0.6 is 0 Å². The first-order valence-electron chi connectivity index (χ1n) is 9.71. The molecule has 2 aromatic rings. The largest absolute Gasteiger partial charge is 0.416 e. The Balaban J connectivity index is 1.59. The van der Waals surface area contributed by atoms with Crippen LogP contribution in [0.25, 0.3) is 0 Å². The van der Waals surface area contributed by atoms with Crippen molar-refractivity contribution in [2.75, 3.05) is 4.90 Å². The van der Waals surface area contributed by atoms with Gasteiger partial charge in [0.25, 0.3) is 5.91 Å². The summed E-state index contributed by atoms with van der Waals surface area (Å²) in [6.07, 6.45) is -1.70. The molecule has 3 amide bonds. The normalized spacial score (nSPS) is 28.4. The fraction of sp³-hybridized carbons (Fsp3) is 0.364. The molecule has 150 valence electrons. The number of imide groups is 1. The summed E-state index contributed by atoms with van der Waals surface area (Å²) in [5, 5.41) is 0. The van der Waals surface area contributed by atoms with E-state index in [4.69, 9.17) is 0 Å². The first kappa shape index (κ1) is 18.2. The van der Waals surface area contributed by atoms with Gasteiger partial charge in [-0.25, -0.2) is 9.69 Å². The smallest absolute Gasteiger partial charge is 0.306 e. The molecule has 2 aliphatic heterocycles. The number of urea groups is 1.